The molecule has 7 rings (SSSR count). The summed E-state index contributed by atoms with van der Waals surface area (Å²) in [6, 6.07) is 2.47. The fourth-order valence-electron chi connectivity index (χ4n) is 7.84. The molecular weight excluding hydrogens is 1010 g/mol. The molecule has 73 heavy (non-hydrogen) atoms. The standard InChI is InChI=1S/C21H18O14.C21H20O14.Al.2H2O/c22-3-8-13(26)16(29)18(31)21(34-8)35-19-15(28)10-9(14(27)17(19)30)12(25)5-2-7(23)6(20(32)33)1-4(5)11(10)24;1-5-10(6(4-22)2-8(23)11(5)19(31)32)12(25)7-3-9(24)14(27)18(13(7)26)34-21-17(30)15(28)16(29)20(33)35-21;;;/h1-2,8,13,16,18,21-23,26-31H,3H2,(H,32,33);2-4,15-17,20-21,23-24,26-30,33H,1H3,(H,31,32);;2*1H2/q;;+2;;/p+1. The molecule has 0 amide bonds. The van der Waals surface area contributed by atoms with Crippen LogP contribution in [0, 0.1) is 6.92 Å². The third-order valence-electron chi connectivity index (χ3n) is 11.5. The predicted molar refractivity (Wildman–Crippen MR) is 233 cm³/mol. The van der Waals surface area contributed by atoms with Crippen LogP contribution in [0.4, 0.5) is 0 Å². The minimum absolute atomic E-state index is 0. The quantitative estimate of drug-likeness (QED) is 0.0213. The average Bonchev–Trinajstić information content (AvgIpc) is 3.32. The van der Waals surface area contributed by atoms with Crippen LogP contribution < -0.4 is 17.1 Å². The monoisotopic (exact) mass is 1050 g/mol. The van der Waals surface area contributed by atoms with E-state index in [0.717, 1.165) is 6.92 Å². The first-order valence-electron chi connectivity index (χ1n) is 20.1. The number of hydrogen-bond donors (Lipinski definition) is 16. The highest BCUT2D eigenvalue weighted by atomic mass is 27.2. The molecule has 30 nitrogen and oxygen atoms in total. The fraction of sp³-hybridized carbons (Fsp3) is 0.286. The van der Waals surface area contributed by atoms with E-state index in [-0.39, 0.29) is 17.2 Å². The van der Waals surface area contributed by atoms with Gasteiger partial charge in [-0.15, -0.1) is 0 Å². The van der Waals surface area contributed by atoms with Gasteiger partial charge in [-0.1, -0.05) is 0 Å². The first-order chi connectivity index (χ1) is 33.4. The van der Waals surface area contributed by atoms with Gasteiger partial charge in [0.15, 0.2) is 29.4 Å². The summed E-state index contributed by atoms with van der Waals surface area (Å²) in [7, 11) is 0. The number of carbonyl (C=O) groups excluding carboxylic acids is 4. The number of phenolic OH excluding ortho intramolecular Hbond substituents is 4. The third kappa shape index (κ3) is 9.56. The Morgan fingerprint density at radius 2 is 1.26 bits per heavy atom. The third-order valence-corrected chi connectivity index (χ3v) is 12.2. The highest BCUT2D eigenvalue weighted by Gasteiger charge is 2.49. The van der Waals surface area contributed by atoms with Crippen molar-refractivity contribution in [2.24, 2.45) is 0 Å². The Balaban J connectivity index is 0.00000494. The molecule has 391 valence electrons. The fourth-order valence-corrected chi connectivity index (χ4v) is 8.49. The van der Waals surface area contributed by atoms with E-state index in [1.807, 2.05) is 0 Å². The lowest BCUT2D eigenvalue weighted by Crippen LogP contribution is -2.60. The molecule has 10 unspecified atom stereocenters. The lowest BCUT2D eigenvalue weighted by Gasteiger charge is -2.39. The number of aromatic carboxylic acids is 2. The smallest absolute Gasteiger partial charge is 0.613 e. The normalized spacial score (nSPS) is 24.1. The van der Waals surface area contributed by atoms with E-state index >= 15 is 0 Å². The van der Waals surface area contributed by atoms with E-state index in [0.29, 0.717) is 24.3 Å². The first-order valence-corrected chi connectivity index (χ1v) is 21.0. The van der Waals surface area contributed by atoms with Crippen molar-refractivity contribution >= 4 is 51.5 Å². The van der Waals surface area contributed by atoms with Crippen LogP contribution in [0.2, 0.25) is 0 Å². The van der Waals surface area contributed by atoms with E-state index in [9.17, 15) is 110 Å². The summed E-state index contributed by atoms with van der Waals surface area (Å²) >= 11 is -2.45. The molecule has 0 saturated carbocycles. The molecule has 2 saturated heterocycles. The van der Waals surface area contributed by atoms with Crippen LogP contribution in [0.5, 0.6) is 57.5 Å². The number of carbonyl (C=O) groups is 4. The molecule has 4 aromatic carbocycles. The molecule has 3 aliphatic rings. The van der Waals surface area contributed by atoms with Gasteiger partial charge >= 0.3 is 39.9 Å². The molecule has 31 heteroatoms. The van der Waals surface area contributed by atoms with Crippen molar-refractivity contribution in [3.63, 3.8) is 0 Å². The second-order valence-electron chi connectivity index (χ2n) is 15.7. The summed E-state index contributed by atoms with van der Waals surface area (Å²) < 4.78 is 32.4. The number of rotatable bonds is 14. The van der Waals surface area contributed by atoms with Crippen molar-refractivity contribution < 1.29 is 148 Å². The van der Waals surface area contributed by atoms with Gasteiger partial charge in [-0.05, 0) is 36.8 Å². The molecule has 10 atom stereocenters. The summed E-state index contributed by atoms with van der Waals surface area (Å²) in [4.78, 5) is 74.0. The van der Waals surface area contributed by atoms with Crippen LogP contribution in [-0.2, 0) is 14.9 Å². The average molecular weight is 1050 g/mol. The van der Waals surface area contributed by atoms with Gasteiger partial charge in [0.25, 0.3) is 0 Å². The number of carboxylic acids is 2. The van der Waals surface area contributed by atoms with Crippen molar-refractivity contribution in [3.8, 4) is 57.5 Å². The number of carboxylic acid groups (broad SMARTS) is 2. The van der Waals surface area contributed by atoms with Crippen LogP contribution in [0.1, 0.15) is 74.8 Å². The molecule has 0 bridgehead atoms. The maximum atomic E-state index is 14.3. The molecule has 2 heterocycles. The van der Waals surface area contributed by atoms with Crippen molar-refractivity contribution in [1.29, 1.82) is 0 Å². The summed E-state index contributed by atoms with van der Waals surface area (Å²) in [6.45, 7) is 0.0274. The lowest BCUT2D eigenvalue weighted by atomic mass is 9.81. The van der Waals surface area contributed by atoms with Crippen LogP contribution >= 0.6 is 0 Å². The SMILES string of the molecule is Cc1c(C(=O)O)c(O)cc(C=[OH+])c1C(=O)c1cc([O][Al][O]c2c(O)c(OC3OC(CO)C(O)C(O)C3O)c(O)c3c2C(=[OH+])c2cc(O)c(C(=O)O)cc2C3=O)c(O)c(OC2OC(O)C(O)C(O)C2O)c1O.O.[OH3+]. The molecule has 4 aromatic rings. The minimum Gasteiger partial charge on any atom is -0.613 e. The van der Waals surface area contributed by atoms with Gasteiger partial charge < -0.3 is 119 Å². The van der Waals surface area contributed by atoms with E-state index in [1.165, 1.54) is 0 Å². The summed E-state index contributed by atoms with van der Waals surface area (Å²) in [5, 5.41) is 168. The number of aromatic hydroxyl groups is 6. The van der Waals surface area contributed by atoms with Crippen LogP contribution in [0.15, 0.2) is 24.3 Å². The number of aldehydes is 1. The maximum Gasteiger partial charge on any atom is 0.882 e. The van der Waals surface area contributed by atoms with Gasteiger partial charge in [0.05, 0.1) is 28.9 Å². The largest absolute Gasteiger partial charge is 0.882 e. The second-order valence-corrected chi connectivity index (χ2v) is 16.4. The van der Waals surface area contributed by atoms with Gasteiger partial charge in [-0.25, -0.2) is 9.59 Å². The number of hydrogen-bond acceptors (Lipinski definition) is 24. The van der Waals surface area contributed by atoms with Crippen molar-refractivity contribution in [3.05, 3.63) is 79.9 Å². The number of ether oxygens (including phenoxy) is 4. The number of fused-ring (bicyclic) bond motifs is 2. The van der Waals surface area contributed by atoms with Gasteiger partial charge in [0.2, 0.25) is 35.6 Å². The van der Waals surface area contributed by atoms with Gasteiger partial charge in [-0.2, -0.15) is 0 Å². The van der Waals surface area contributed by atoms with Crippen LogP contribution in [0.3, 0.4) is 0 Å². The van der Waals surface area contributed by atoms with Crippen molar-refractivity contribution in [1.82, 2.24) is 0 Å². The molecule has 1 radical (unpaired) electrons. The molecule has 2 aliphatic heterocycles. The van der Waals surface area contributed by atoms with Gasteiger partial charge in [0.1, 0.15) is 82.4 Å². The number of aliphatic hydroxyl groups excluding tert-OH is 8. The Bertz CT molecular complexity index is 2920. The van der Waals surface area contributed by atoms with E-state index < -0.39 is 227 Å². The Morgan fingerprint density at radius 1 is 0.671 bits per heavy atom. The number of aliphatic hydroxyl groups is 8. The Morgan fingerprint density at radius 3 is 1.84 bits per heavy atom. The minimum atomic E-state index is -2.45. The number of phenols is 6. The number of ketones is 3. The van der Waals surface area contributed by atoms with Crippen LogP contribution in [0.25, 0.3) is 0 Å². The Labute approximate surface area is 411 Å². The van der Waals surface area contributed by atoms with E-state index in [4.69, 9.17) is 26.5 Å². The molecule has 2 fully saturated rings. The zero-order chi connectivity index (χ0) is 52.4. The zero-order valence-corrected chi connectivity index (χ0v) is 37.8. The van der Waals surface area contributed by atoms with Crippen LogP contribution in [-0.4, -0.2) is 216 Å². The van der Waals surface area contributed by atoms with E-state index in [1.54, 1.807) is 0 Å². The molecular formula is C42H43AlO30+3. The molecule has 23 N–H and O–H groups in total. The highest BCUT2D eigenvalue weighted by molar-refractivity contribution is 6.32. The van der Waals surface area contributed by atoms with Crippen molar-refractivity contribution in [2.75, 3.05) is 6.61 Å². The summed E-state index contributed by atoms with van der Waals surface area (Å²) in [5.74, 6) is -19.4. The van der Waals surface area contributed by atoms with Gasteiger partial charge in [0, 0.05) is 11.1 Å². The Hall–Kier alpha value is -7.45. The lowest BCUT2D eigenvalue weighted by molar-refractivity contribution is -0.321. The van der Waals surface area contributed by atoms with Gasteiger partial charge in [-0.3, -0.25) is 19.2 Å². The summed E-state index contributed by atoms with van der Waals surface area (Å²) in [6.07, 6.45) is -21.1. The zero-order valence-electron chi connectivity index (χ0n) is 36.7. The summed E-state index contributed by atoms with van der Waals surface area (Å²) in [5.41, 5.74) is -7.75. The topological polar surface area (TPSA) is 555 Å². The second kappa shape index (κ2) is 21.3. The molecule has 0 aromatic heterocycles. The molecule has 0 spiro atoms. The molecule has 1 aliphatic carbocycles. The highest BCUT2D eigenvalue weighted by Crippen LogP contribution is 2.53. The predicted octanol–water partition coefficient (Wildman–Crippen LogP) is -5.58. The van der Waals surface area contributed by atoms with E-state index in [2.05, 4.69) is 0 Å². The van der Waals surface area contributed by atoms with Crippen molar-refractivity contribution in [2.45, 2.75) is 68.5 Å². The Kier molecular flexibility index (Phi) is 16.5. The maximum absolute atomic E-state index is 14.3. The first kappa shape index (κ1) is 56.5. The number of benzene rings is 4.